The van der Waals surface area contributed by atoms with Gasteiger partial charge in [0.05, 0.1) is 12.8 Å². The van der Waals surface area contributed by atoms with Crippen LogP contribution in [0.1, 0.15) is 27.0 Å². The van der Waals surface area contributed by atoms with Crippen LogP contribution in [0, 0.1) is 20.8 Å². The lowest BCUT2D eigenvalue weighted by Gasteiger charge is -2.07. The number of aromatic nitrogens is 1. The Morgan fingerprint density at radius 2 is 1.73 bits per heavy atom. The Hall–Kier alpha value is -2.55. The first kappa shape index (κ1) is 14.4. The van der Waals surface area contributed by atoms with Crippen LogP contribution in [0.2, 0.25) is 0 Å². The molecule has 0 saturated carbocycles. The Morgan fingerprint density at radius 3 is 2.36 bits per heavy atom. The van der Waals surface area contributed by atoms with E-state index in [9.17, 15) is 4.79 Å². The summed E-state index contributed by atoms with van der Waals surface area (Å²) in [6.07, 6.45) is 0.945. The van der Waals surface area contributed by atoms with Crippen molar-refractivity contribution in [3.8, 4) is 17.0 Å². The molecule has 112 valence electrons. The van der Waals surface area contributed by atoms with E-state index in [1.165, 1.54) is 0 Å². The minimum absolute atomic E-state index is 0.723. The number of fused-ring (bicyclic) bond motifs is 1. The molecule has 3 heteroatoms. The van der Waals surface area contributed by atoms with Crippen LogP contribution >= 0.6 is 0 Å². The highest BCUT2D eigenvalue weighted by Gasteiger charge is 2.16. The third kappa shape index (κ3) is 2.10. The predicted octanol–water partition coefficient (Wildman–Crippen LogP) is 4.58. The van der Waals surface area contributed by atoms with E-state index in [0.29, 0.717) is 0 Å². The Balaban J connectivity index is 2.31. The number of benzene rings is 2. The second-order valence-electron chi connectivity index (χ2n) is 5.67. The van der Waals surface area contributed by atoms with E-state index < -0.39 is 0 Å². The summed E-state index contributed by atoms with van der Waals surface area (Å²) in [6, 6.07) is 10.1. The van der Waals surface area contributed by atoms with Gasteiger partial charge < -0.3 is 9.72 Å². The van der Waals surface area contributed by atoms with Crippen LogP contribution < -0.4 is 4.74 Å². The van der Waals surface area contributed by atoms with Gasteiger partial charge in [-0.15, -0.1) is 0 Å². The lowest BCUT2D eigenvalue weighted by Crippen LogP contribution is -1.90. The molecule has 0 aliphatic rings. The fourth-order valence-corrected chi connectivity index (χ4v) is 3.02. The van der Waals surface area contributed by atoms with Gasteiger partial charge in [0.25, 0.3) is 0 Å². The second kappa shape index (κ2) is 5.34. The average molecular weight is 293 g/mol. The third-order valence-electron chi connectivity index (χ3n) is 4.21. The largest absolute Gasteiger partial charge is 0.496 e. The summed E-state index contributed by atoms with van der Waals surface area (Å²) in [5.41, 5.74) is 6.91. The summed E-state index contributed by atoms with van der Waals surface area (Å²) in [5.74, 6) is 0.847. The summed E-state index contributed by atoms with van der Waals surface area (Å²) in [7, 11) is 1.66. The zero-order chi connectivity index (χ0) is 15.9. The number of aromatic amines is 1. The number of rotatable bonds is 3. The summed E-state index contributed by atoms with van der Waals surface area (Å²) in [4.78, 5) is 15.1. The van der Waals surface area contributed by atoms with Gasteiger partial charge in [0, 0.05) is 16.5 Å². The molecule has 22 heavy (non-hydrogen) atoms. The van der Waals surface area contributed by atoms with E-state index in [1.54, 1.807) is 7.11 Å². The Labute approximate surface area is 129 Å². The van der Waals surface area contributed by atoms with Gasteiger partial charge in [-0.25, -0.2) is 0 Å². The third-order valence-corrected chi connectivity index (χ3v) is 4.21. The van der Waals surface area contributed by atoms with Crippen molar-refractivity contribution in [2.45, 2.75) is 20.8 Å². The highest BCUT2D eigenvalue weighted by Crippen LogP contribution is 2.34. The first-order chi connectivity index (χ1) is 10.6. The first-order valence-corrected chi connectivity index (χ1v) is 7.29. The number of carbonyl (C=O) groups excluding carboxylic acids is 1. The van der Waals surface area contributed by atoms with Gasteiger partial charge in [-0.3, -0.25) is 4.79 Å². The topological polar surface area (TPSA) is 42.1 Å². The van der Waals surface area contributed by atoms with Crippen molar-refractivity contribution in [3.05, 3.63) is 52.6 Å². The average Bonchev–Trinajstić information content (AvgIpc) is 2.91. The minimum atomic E-state index is 0.723. The molecule has 0 aliphatic carbocycles. The Morgan fingerprint density at radius 1 is 1.00 bits per heavy atom. The molecular formula is C19H19NO2. The quantitative estimate of drug-likeness (QED) is 0.718. The number of ether oxygens (including phenoxy) is 1. The van der Waals surface area contributed by atoms with Gasteiger partial charge in [0.15, 0.2) is 6.29 Å². The lowest BCUT2D eigenvalue weighted by molar-refractivity contribution is 0.112. The van der Waals surface area contributed by atoms with Gasteiger partial charge in [-0.05, 0) is 61.2 Å². The maximum atomic E-state index is 11.7. The summed E-state index contributed by atoms with van der Waals surface area (Å²) in [5, 5.41) is 1.01. The number of aryl methyl sites for hydroxylation is 3. The molecule has 0 radical (unpaired) electrons. The van der Waals surface area contributed by atoms with Crippen LogP contribution in [-0.2, 0) is 0 Å². The number of carbonyl (C=O) groups is 1. The van der Waals surface area contributed by atoms with E-state index in [2.05, 4.69) is 24.0 Å². The summed E-state index contributed by atoms with van der Waals surface area (Å²) >= 11 is 0. The predicted molar refractivity (Wildman–Crippen MR) is 89.9 cm³/mol. The molecule has 0 saturated heterocycles. The fraction of sp³-hybridized carbons (Fsp3) is 0.211. The van der Waals surface area contributed by atoms with Gasteiger partial charge in [0.1, 0.15) is 5.75 Å². The summed E-state index contributed by atoms with van der Waals surface area (Å²) in [6.45, 7) is 6.09. The highest BCUT2D eigenvalue weighted by molar-refractivity contribution is 6.06. The van der Waals surface area contributed by atoms with Gasteiger partial charge in [-0.1, -0.05) is 12.1 Å². The van der Waals surface area contributed by atoms with Crippen LogP contribution in [0.15, 0.2) is 30.3 Å². The molecule has 1 N–H and O–H groups in total. The molecule has 0 fully saturated rings. The smallest absolute Gasteiger partial charge is 0.152 e. The first-order valence-electron chi connectivity index (χ1n) is 7.29. The minimum Gasteiger partial charge on any atom is -0.496 e. The molecule has 1 aromatic heterocycles. The van der Waals surface area contributed by atoms with Crippen molar-refractivity contribution in [3.63, 3.8) is 0 Å². The monoisotopic (exact) mass is 293 g/mol. The van der Waals surface area contributed by atoms with E-state index in [4.69, 9.17) is 4.74 Å². The van der Waals surface area contributed by atoms with Crippen molar-refractivity contribution in [2.24, 2.45) is 0 Å². The van der Waals surface area contributed by atoms with Crippen molar-refractivity contribution < 1.29 is 9.53 Å². The molecule has 3 rings (SSSR count). The van der Waals surface area contributed by atoms with E-state index in [0.717, 1.165) is 56.4 Å². The summed E-state index contributed by atoms with van der Waals surface area (Å²) < 4.78 is 5.31. The van der Waals surface area contributed by atoms with Gasteiger partial charge >= 0.3 is 0 Å². The molecule has 0 amide bonds. The lowest BCUT2D eigenvalue weighted by atomic mass is 10.0. The molecule has 0 spiro atoms. The molecule has 0 atom stereocenters. The van der Waals surface area contributed by atoms with Gasteiger partial charge in [-0.2, -0.15) is 0 Å². The maximum Gasteiger partial charge on any atom is 0.152 e. The Bertz CT molecular complexity index is 875. The molecule has 1 heterocycles. The molecular weight excluding hydrogens is 274 g/mol. The zero-order valence-corrected chi connectivity index (χ0v) is 13.3. The normalized spacial score (nSPS) is 10.9. The van der Waals surface area contributed by atoms with Crippen molar-refractivity contribution in [1.82, 2.24) is 4.98 Å². The molecule has 3 aromatic rings. The van der Waals surface area contributed by atoms with Crippen LogP contribution in [0.5, 0.6) is 5.75 Å². The van der Waals surface area contributed by atoms with Crippen molar-refractivity contribution in [1.29, 1.82) is 0 Å². The standard InChI is InChI=1S/C19H19NO2/c1-11-5-6-12(2)18-17(11)15(10-21)19(20-18)14-7-8-16(22-4)13(3)9-14/h5-10,20H,1-4H3. The maximum absolute atomic E-state index is 11.7. The molecule has 0 unspecified atom stereocenters. The van der Waals surface area contributed by atoms with Crippen LogP contribution in [0.3, 0.4) is 0 Å². The highest BCUT2D eigenvalue weighted by atomic mass is 16.5. The fourth-order valence-electron chi connectivity index (χ4n) is 3.02. The number of nitrogens with one attached hydrogen (secondary N) is 1. The van der Waals surface area contributed by atoms with Crippen LogP contribution in [0.4, 0.5) is 0 Å². The molecule has 0 aliphatic heterocycles. The zero-order valence-electron chi connectivity index (χ0n) is 13.3. The van der Waals surface area contributed by atoms with E-state index >= 15 is 0 Å². The van der Waals surface area contributed by atoms with Crippen molar-refractivity contribution in [2.75, 3.05) is 7.11 Å². The number of H-pyrrole nitrogens is 1. The molecule has 3 nitrogen and oxygen atoms in total. The number of aldehydes is 1. The number of hydrogen-bond acceptors (Lipinski definition) is 2. The molecule has 2 aromatic carbocycles. The van der Waals surface area contributed by atoms with Crippen LogP contribution in [0.25, 0.3) is 22.2 Å². The van der Waals surface area contributed by atoms with Gasteiger partial charge in [0.2, 0.25) is 0 Å². The second-order valence-corrected chi connectivity index (χ2v) is 5.67. The SMILES string of the molecule is COc1ccc(-c2[nH]c3c(C)ccc(C)c3c2C=O)cc1C. The number of hydrogen-bond donors (Lipinski definition) is 1. The van der Waals surface area contributed by atoms with E-state index in [1.807, 2.05) is 32.0 Å². The van der Waals surface area contributed by atoms with Crippen LogP contribution in [-0.4, -0.2) is 18.4 Å². The van der Waals surface area contributed by atoms with E-state index in [-0.39, 0.29) is 0 Å². The number of methoxy groups -OCH3 is 1. The van der Waals surface area contributed by atoms with Crippen molar-refractivity contribution >= 4 is 17.2 Å². The molecule has 0 bridgehead atoms. The Kier molecular flexibility index (Phi) is 3.49.